The summed E-state index contributed by atoms with van der Waals surface area (Å²) in [6, 6.07) is 15.3. The Morgan fingerprint density at radius 1 is 1.06 bits per heavy atom. The minimum Gasteiger partial charge on any atom is -0.279 e. The fraction of sp³-hybridized carbons (Fsp3) is 0. The molecule has 4 heteroatoms. The number of rotatable bonds is 3. The third kappa shape index (κ3) is 3.58. The van der Waals surface area contributed by atoms with Crippen LogP contribution in [0, 0.1) is 0 Å². The molecule has 0 aliphatic heterocycles. The van der Waals surface area contributed by atoms with Gasteiger partial charge >= 0.3 is 0 Å². The summed E-state index contributed by atoms with van der Waals surface area (Å²) >= 11 is 9.25. The number of halogens is 2. The Bertz CT molecular complexity index is 523. The Morgan fingerprint density at radius 2 is 1.76 bits per heavy atom. The average Bonchev–Trinajstić information content (AvgIpc) is 2.34. The fourth-order valence-corrected chi connectivity index (χ4v) is 1.79. The van der Waals surface area contributed by atoms with Gasteiger partial charge in [-0.05, 0) is 30.3 Å². The largest absolute Gasteiger partial charge is 0.279 e. The van der Waals surface area contributed by atoms with E-state index >= 15 is 0 Å². The van der Waals surface area contributed by atoms with Crippen molar-refractivity contribution in [3.8, 4) is 0 Å². The lowest BCUT2D eigenvalue weighted by molar-refractivity contribution is 1.35. The highest BCUT2D eigenvalue weighted by molar-refractivity contribution is 9.10. The summed E-state index contributed by atoms with van der Waals surface area (Å²) < 4.78 is 1.02. The van der Waals surface area contributed by atoms with Crippen LogP contribution in [-0.4, -0.2) is 6.21 Å². The van der Waals surface area contributed by atoms with E-state index in [1.807, 2.05) is 48.5 Å². The monoisotopic (exact) mass is 308 g/mol. The second-order valence-corrected chi connectivity index (χ2v) is 4.69. The van der Waals surface area contributed by atoms with Crippen LogP contribution in [0.1, 0.15) is 5.56 Å². The van der Waals surface area contributed by atoms with Gasteiger partial charge < -0.3 is 0 Å². The Labute approximate surface area is 113 Å². The highest BCUT2D eigenvalue weighted by Gasteiger charge is 1.93. The summed E-state index contributed by atoms with van der Waals surface area (Å²) in [6.07, 6.45) is 1.76. The Balaban J connectivity index is 2.03. The molecule has 2 aromatic rings. The topological polar surface area (TPSA) is 24.4 Å². The molecule has 0 bridgehead atoms. The molecule has 0 saturated heterocycles. The van der Waals surface area contributed by atoms with Crippen LogP contribution in [0.3, 0.4) is 0 Å². The van der Waals surface area contributed by atoms with Gasteiger partial charge in [-0.25, -0.2) is 0 Å². The summed E-state index contributed by atoms with van der Waals surface area (Å²) in [5, 5.41) is 4.87. The van der Waals surface area contributed by atoms with E-state index < -0.39 is 0 Å². The molecule has 0 fully saturated rings. The molecule has 1 N–H and O–H groups in total. The van der Waals surface area contributed by atoms with E-state index in [2.05, 4.69) is 26.5 Å². The number of nitrogens with one attached hydrogen (secondary N) is 1. The van der Waals surface area contributed by atoms with Crippen molar-refractivity contribution in [2.75, 3.05) is 5.43 Å². The molecular weight excluding hydrogens is 300 g/mol. The third-order valence-electron chi connectivity index (χ3n) is 2.15. The Morgan fingerprint density at radius 3 is 2.47 bits per heavy atom. The first-order valence-corrected chi connectivity index (χ1v) is 6.22. The van der Waals surface area contributed by atoms with Crippen molar-refractivity contribution < 1.29 is 0 Å². The molecule has 2 rings (SSSR count). The zero-order chi connectivity index (χ0) is 12.1. The highest BCUT2D eigenvalue weighted by Crippen LogP contribution is 2.15. The van der Waals surface area contributed by atoms with E-state index in [1.165, 1.54) is 0 Å². The fourth-order valence-electron chi connectivity index (χ4n) is 1.28. The van der Waals surface area contributed by atoms with Crippen LogP contribution >= 0.6 is 27.5 Å². The summed E-state index contributed by atoms with van der Waals surface area (Å²) in [4.78, 5) is 0. The lowest BCUT2D eigenvalue weighted by Gasteiger charge is -2.00. The van der Waals surface area contributed by atoms with Gasteiger partial charge in [0.25, 0.3) is 0 Å². The van der Waals surface area contributed by atoms with Crippen LogP contribution in [0.25, 0.3) is 0 Å². The van der Waals surface area contributed by atoms with E-state index in [9.17, 15) is 0 Å². The zero-order valence-electron chi connectivity index (χ0n) is 8.90. The van der Waals surface area contributed by atoms with Gasteiger partial charge in [0.05, 0.1) is 11.9 Å². The second-order valence-electron chi connectivity index (χ2n) is 3.40. The van der Waals surface area contributed by atoms with Crippen LogP contribution in [0.4, 0.5) is 5.69 Å². The van der Waals surface area contributed by atoms with E-state index in [-0.39, 0.29) is 0 Å². The number of hydrazone groups is 1. The van der Waals surface area contributed by atoms with Gasteiger partial charge in [0.1, 0.15) is 0 Å². The summed E-state index contributed by atoms with van der Waals surface area (Å²) in [7, 11) is 0. The van der Waals surface area contributed by atoms with Crippen LogP contribution < -0.4 is 5.43 Å². The lowest BCUT2D eigenvalue weighted by Crippen LogP contribution is -1.90. The SMILES string of the molecule is Clc1ccc(N/N=C/c2ccccc2Br)cc1. The smallest absolute Gasteiger partial charge is 0.0562 e. The molecule has 17 heavy (non-hydrogen) atoms. The Hall–Kier alpha value is -1.32. The molecule has 0 saturated carbocycles. The molecule has 0 aromatic heterocycles. The number of benzene rings is 2. The van der Waals surface area contributed by atoms with Crippen molar-refractivity contribution in [2.45, 2.75) is 0 Å². The molecule has 0 unspecified atom stereocenters. The molecule has 0 aliphatic rings. The van der Waals surface area contributed by atoms with Crippen LogP contribution in [0.2, 0.25) is 5.02 Å². The van der Waals surface area contributed by atoms with Crippen molar-refractivity contribution >= 4 is 39.4 Å². The average molecular weight is 310 g/mol. The normalized spacial score (nSPS) is 10.7. The molecule has 0 spiro atoms. The van der Waals surface area contributed by atoms with Gasteiger partial charge in [0, 0.05) is 15.1 Å². The summed E-state index contributed by atoms with van der Waals surface area (Å²) in [5.74, 6) is 0. The third-order valence-corrected chi connectivity index (χ3v) is 3.12. The highest BCUT2D eigenvalue weighted by atomic mass is 79.9. The minimum atomic E-state index is 0.713. The maximum absolute atomic E-state index is 5.79. The molecule has 86 valence electrons. The van der Waals surface area contributed by atoms with Crippen molar-refractivity contribution in [3.05, 3.63) is 63.6 Å². The molecule has 0 amide bonds. The van der Waals surface area contributed by atoms with E-state index in [0.29, 0.717) is 5.02 Å². The van der Waals surface area contributed by atoms with Gasteiger partial charge in [0.2, 0.25) is 0 Å². The van der Waals surface area contributed by atoms with Crippen LogP contribution in [-0.2, 0) is 0 Å². The quantitative estimate of drug-likeness (QED) is 0.653. The van der Waals surface area contributed by atoms with Crippen molar-refractivity contribution in [1.29, 1.82) is 0 Å². The van der Waals surface area contributed by atoms with Gasteiger partial charge in [0.15, 0.2) is 0 Å². The Kier molecular flexibility index (Phi) is 4.18. The van der Waals surface area contributed by atoms with Crippen molar-refractivity contribution in [2.24, 2.45) is 5.10 Å². The number of hydrogen-bond donors (Lipinski definition) is 1. The molecule has 0 heterocycles. The zero-order valence-corrected chi connectivity index (χ0v) is 11.2. The van der Waals surface area contributed by atoms with Gasteiger partial charge in [-0.1, -0.05) is 45.7 Å². The number of hydrogen-bond acceptors (Lipinski definition) is 2. The standard InChI is InChI=1S/C13H10BrClN2/c14-13-4-2-1-3-10(13)9-16-17-12-7-5-11(15)6-8-12/h1-9,17H/b16-9+. The van der Waals surface area contributed by atoms with Crippen molar-refractivity contribution in [1.82, 2.24) is 0 Å². The first-order valence-electron chi connectivity index (χ1n) is 5.05. The molecular formula is C13H10BrClN2. The number of anilines is 1. The molecule has 0 aliphatic carbocycles. The van der Waals surface area contributed by atoms with Crippen LogP contribution in [0.15, 0.2) is 58.1 Å². The predicted octanol–water partition coefficient (Wildman–Crippen LogP) is 4.55. The lowest BCUT2D eigenvalue weighted by atomic mass is 10.2. The first kappa shape index (κ1) is 12.1. The van der Waals surface area contributed by atoms with Gasteiger partial charge in [-0.2, -0.15) is 5.10 Å². The first-order chi connectivity index (χ1) is 8.25. The van der Waals surface area contributed by atoms with E-state index in [0.717, 1.165) is 15.7 Å². The molecule has 0 atom stereocenters. The predicted molar refractivity (Wildman–Crippen MR) is 76.8 cm³/mol. The minimum absolute atomic E-state index is 0.713. The molecule has 0 radical (unpaired) electrons. The van der Waals surface area contributed by atoms with E-state index in [4.69, 9.17) is 11.6 Å². The molecule has 2 nitrogen and oxygen atoms in total. The summed E-state index contributed by atoms with van der Waals surface area (Å²) in [6.45, 7) is 0. The van der Waals surface area contributed by atoms with Gasteiger partial charge in [-0.15, -0.1) is 0 Å². The maximum Gasteiger partial charge on any atom is 0.0562 e. The maximum atomic E-state index is 5.79. The van der Waals surface area contributed by atoms with Crippen LogP contribution in [0.5, 0.6) is 0 Å². The number of nitrogens with zero attached hydrogens (tertiary/aromatic N) is 1. The summed E-state index contributed by atoms with van der Waals surface area (Å²) in [5.41, 5.74) is 4.86. The van der Waals surface area contributed by atoms with Crippen molar-refractivity contribution in [3.63, 3.8) is 0 Å². The van der Waals surface area contributed by atoms with E-state index in [1.54, 1.807) is 6.21 Å². The molecule has 2 aromatic carbocycles. The van der Waals surface area contributed by atoms with Gasteiger partial charge in [-0.3, -0.25) is 5.43 Å². The second kappa shape index (κ2) is 5.84.